The number of nitrogens with zero attached hydrogens (tertiary/aromatic N) is 1. The SMILES string of the molecule is CCc1cccc2c(/C=C(\C#N)C(=O)O[C@H](C)COC)c[nH]c12. The summed E-state index contributed by atoms with van der Waals surface area (Å²) in [4.78, 5) is 15.3. The van der Waals surface area contributed by atoms with E-state index in [0.717, 1.165) is 22.9 Å². The van der Waals surface area contributed by atoms with Crippen molar-refractivity contribution in [3.8, 4) is 6.07 Å². The molecule has 0 saturated carbocycles. The van der Waals surface area contributed by atoms with Gasteiger partial charge < -0.3 is 14.5 Å². The summed E-state index contributed by atoms with van der Waals surface area (Å²) in [6, 6.07) is 7.90. The molecule has 0 unspecified atom stereocenters. The fourth-order valence-electron chi connectivity index (χ4n) is 2.46. The van der Waals surface area contributed by atoms with E-state index in [2.05, 4.69) is 18.0 Å². The van der Waals surface area contributed by atoms with Gasteiger partial charge in [-0.05, 0) is 25.0 Å². The summed E-state index contributed by atoms with van der Waals surface area (Å²) < 4.78 is 10.1. The first-order valence-corrected chi connectivity index (χ1v) is 7.51. The minimum atomic E-state index is -0.641. The summed E-state index contributed by atoms with van der Waals surface area (Å²) in [7, 11) is 1.53. The molecule has 0 bridgehead atoms. The number of rotatable bonds is 6. The zero-order valence-corrected chi connectivity index (χ0v) is 13.6. The number of hydrogen-bond donors (Lipinski definition) is 1. The van der Waals surface area contributed by atoms with Crippen LogP contribution in [-0.2, 0) is 20.7 Å². The van der Waals surface area contributed by atoms with Crippen molar-refractivity contribution in [3.05, 3.63) is 41.1 Å². The summed E-state index contributed by atoms with van der Waals surface area (Å²) in [5.74, 6) is -0.641. The van der Waals surface area contributed by atoms with Gasteiger partial charge in [0.1, 0.15) is 17.7 Å². The number of benzene rings is 1. The first kappa shape index (κ1) is 16.8. The van der Waals surface area contributed by atoms with Gasteiger partial charge in [-0.15, -0.1) is 0 Å². The molecule has 0 aliphatic rings. The third-order valence-corrected chi connectivity index (χ3v) is 3.56. The lowest BCUT2D eigenvalue weighted by Crippen LogP contribution is -2.20. The Morgan fingerprint density at radius 1 is 1.48 bits per heavy atom. The second kappa shape index (κ2) is 7.61. The van der Waals surface area contributed by atoms with Crippen LogP contribution in [0.25, 0.3) is 17.0 Å². The molecule has 1 heterocycles. The van der Waals surface area contributed by atoms with Gasteiger partial charge in [-0.25, -0.2) is 4.79 Å². The molecule has 0 aliphatic carbocycles. The maximum atomic E-state index is 12.1. The van der Waals surface area contributed by atoms with E-state index in [1.165, 1.54) is 12.7 Å². The number of hydrogen-bond acceptors (Lipinski definition) is 4. The van der Waals surface area contributed by atoms with Crippen molar-refractivity contribution < 1.29 is 14.3 Å². The Bertz CT molecular complexity index is 768. The molecular weight excluding hydrogens is 292 g/mol. The Morgan fingerprint density at radius 2 is 2.26 bits per heavy atom. The average molecular weight is 312 g/mol. The summed E-state index contributed by atoms with van der Waals surface area (Å²) in [6.07, 6.45) is 3.86. The number of carbonyl (C=O) groups excluding carboxylic acids is 1. The standard InChI is InChI=1S/C18H20N2O3/c1-4-13-6-5-7-16-15(10-20-17(13)16)8-14(9-19)18(21)23-12(2)11-22-3/h5-8,10,12,20H,4,11H2,1-3H3/b14-8+/t12-/m1/s1. The number of nitriles is 1. The van der Waals surface area contributed by atoms with Gasteiger partial charge in [-0.2, -0.15) is 5.26 Å². The van der Waals surface area contributed by atoms with Crippen LogP contribution in [0.4, 0.5) is 0 Å². The number of para-hydroxylation sites is 1. The van der Waals surface area contributed by atoms with Crippen LogP contribution in [0, 0.1) is 11.3 Å². The highest BCUT2D eigenvalue weighted by atomic mass is 16.6. The lowest BCUT2D eigenvalue weighted by Gasteiger charge is -2.11. The highest BCUT2D eigenvalue weighted by molar-refractivity contribution is 6.01. The molecule has 23 heavy (non-hydrogen) atoms. The Hall–Kier alpha value is -2.58. The molecule has 1 aromatic carbocycles. The summed E-state index contributed by atoms with van der Waals surface area (Å²) in [5.41, 5.74) is 2.98. The van der Waals surface area contributed by atoms with Crippen LogP contribution < -0.4 is 0 Å². The molecule has 2 rings (SSSR count). The van der Waals surface area contributed by atoms with E-state index in [4.69, 9.17) is 9.47 Å². The van der Waals surface area contributed by atoms with Crippen molar-refractivity contribution in [2.45, 2.75) is 26.4 Å². The molecule has 5 heteroatoms. The number of methoxy groups -OCH3 is 1. The maximum Gasteiger partial charge on any atom is 0.349 e. The Kier molecular flexibility index (Phi) is 5.56. The molecular formula is C18H20N2O3. The number of esters is 1. The van der Waals surface area contributed by atoms with Gasteiger partial charge in [-0.1, -0.05) is 25.1 Å². The van der Waals surface area contributed by atoms with E-state index in [-0.39, 0.29) is 12.2 Å². The third-order valence-electron chi connectivity index (χ3n) is 3.56. The zero-order valence-electron chi connectivity index (χ0n) is 13.6. The van der Waals surface area contributed by atoms with Gasteiger partial charge in [0.2, 0.25) is 0 Å². The van der Waals surface area contributed by atoms with Gasteiger partial charge in [0, 0.05) is 29.8 Å². The number of fused-ring (bicyclic) bond motifs is 1. The lowest BCUT2D eigenvalue weighted by molar-refractivity contribution is -0.145. The van der Waals surface area contributed by atoms with Crippen molar-refractivity contribution >= 4 is 22.9 Å². The summed E-state index contributed by atoms with van der Waals surface area (Å²) >= 11 is 0. The van der Waals surface area contributed by atoms with E-state index in [1.54, 1.807) is 19.2 Å². The molecule has 2 aromatic rings. The fourth-order valence-corrected chi connectivity index (χ4v) is 2.46. The number of aromatic amines is 1. The molecule has 0 spiro atoms. The van der Waals surface area contributed by atoms with Crippen LogP contribution in [0.2, 0.25) is 0 Å². The van der Waals surface area contributed by atoms with Crippen LogP contribution in [0.15, 0.2) is 30.0 Å². The molecule has 1 aromatic heterocycles. The zero-order chi connectivity index (χ0) is 16.8. The number of H-pyrrole nitrogens is 1. The number of carbonyl (C=O) groups is 1. The number of nitrogens with one attached hydrogen (secondary N) is 1. The fraction of sp³-hybridized carbons (Fsp3) is 0.333. The number of aromatic nitrogens is 1. The van der Waals surface area contributed by atoms with Gasteiger partial charge in [-0.3, -0.25) is 0 Å². The Balaban J connectivity index is 2.32. The third kappa shape index (κ3) is 3.79. The molecule has 0 radical (unpaired) electrons. The molecule has 0 fully saturated rings. The topological polar surface area (TPSA) is 75.1 Å². The van der Waals surface area contributed by atoms with Crippen molar-refractivity contribution in [2.75, 3.05) is 13.7 Å². The largest absolute Gasteiger partial charge is 0.456 e. The molecule has 1 atom stereocenters. The smallest absolute Gasteiger partial charge is 0.349 e. The summed E-state index contributed by atoms with van der Waals surface area (Å²) in [5, 5.41) is 10.2. The number of aryl methyl sites for hydroxylation is 1. The quantitative estimate of drug-likeness (QED) is 0.505. The summed E-state index contributed by atoms with van der Waals surface area (Å²) in [6.45, 7) is 4.09. The first-order chi connectivity index (χ1) is 11.1. The molecule has 1 N–H and O–H groups in total. The predicted molar refractivity (Wildman–Crippen MR) is 88.7 cm³/mol. The normalized spacial score (nSPS) is 12.9. The molecule has 0 amide bonds. The van der Waals surface area contributed by atoms with Gasteiger partial charge in [0.15, 0.2) is 0 Å². The van der Waals surface area contributed by atoms with Crippen molar-refractivity contribution in [1.29, 1.82) is 5.26 Å². The van der Waals surface area contributed by atoms with Crippen LogP contribution in [0.3, 0.4) is 0 Å². The molecule has 0 saturated heterocycles. The monoisotopic (exact) mass is 312 g/mol. The highest BCUT2D eigenvalue weighted by Gasteiger charge is 2.16. The minimum Gasteiger partial charge on any atom is -0.456 e. The predicted octanol–water partition coefficient (Wildman–Crippen LogP) is 3.22. The molecule has 5 nitrogen and oxygen atoms in total. The van der Waals surface area contributed by atoms with E-state index in [9.17, 15) is 10.1 Å². The van der Waals surface area contributed by atoms with E-state index >= 15 is 0 Å². The van der Waals surface area contributed by atoms with Crippen LogP contribution in [-0.4, -0.2) is 30.8 Å². The van der Waals surface area contributed by atoms with Gasteiger partial charge in [0.25, 0.3) is 0 Å². The highest BCUT2D eigenvalue weighted by Crippen LogP contribution is 2.24. The van der Waals surface area contributed by atoms with Crippen LogP contribution >= 0.6 is 0 Å². The van der Waals surface area contributed by atoms with E-state index in [0.29, 0.717) is 0 Å². The number of ether oxygens (including phenoxy) is 2. The maximum absolute atomic E-state index is 12.1. The second-order valence-electron chi connectivity index (χ2n) is 5.28. The Morgan fingerprint density at radius 3 is 2.91 bits per heavy atom. The van der Waals surface area contributed by atoms with E-state index in [1.807, 2.05) is 18.2 Å². The van der Waals surface area contributed by atoms with Crippen molar-refractivity contribution in [3.63, 3.8) is 0 Å². The average Bonchev–Trinajstić information content (AvgIpc) is 2.95. The second-order valence-corrected chi connectivity index (χ2v) is 5.28. The van der Waals surface area contributed by atoms with Crippen molar-refractivity contribution in [1.82, 2.24) is 4.98 Å². The van der Waals surface area contributed by atoms with E-state index < -0.39 is 12.1 Å². The van der Waals surface area contributed by atoms with Gasteiger partial charge in [0.05, 0.1) is 6.61 Å². The molecule has 120 valence electrons. The lowest BCUT2D eigenvalue weighted by atomic mass is 10.1. The van der Waals surface area contributed by atoms with Gasteiger partial charge >= 0.3 is 5.97 Å². The Labute approximate surface area is 135 Å². The van der Waals surface area contributed by atoms with Crippen molar-refractivity contribution in [2.24, 2.45) is 0 Å². The van der Waals surface area contributed by atoms with Crippen LogP contribution in [0.1, 0.15) is 25.0 Å². The molecule has 0 aliphatic heterocycles. The first-order valence-electron chi connectivity index (χ1n) is 7.51. The van der Waals surface area contributed by atoms with Crippen LogP contribution in [0.5, 0.6) is 0 Å². The minimum absolute atomic E-state index is 0.0317.